The van der Waals surface area contributed by atoms with Crippen LogP contribution in [0.4, 0.5) is 10.3 Å². The molecular formula is C41H60FN5O11S. The number of nitrogen functional groups attached to an aromatic ring is 1. The number of oxime groups is 1. The van der Waals surface area contributed by atoms with Gasteiger partial charge in [0.25, 0.3) is 5.67 Å². The van der Waals surface area contributed by atoms with Crippen LogP contribution < -0.4 is 5.73 Å². The highest BCUT2D eigenvalue weighted by atomic mass is 32.1. The van der Waals surface area contributed by atoms with E-state index in [9.17, 15) is 24.6 Å². The van der Waals surface area contributed by atoms with Crippen LogP contribution in [0.5, 0.6) is 0 Å². The van der Waals surface area contributed by atoms with Gasteiger partial charge in [-0.3, -0.25) is 9.59 Å². The molecule has 0 saturated carbocycles. The number of hydrogen-bond donors (Lipinski definition) is 3. The first-order valence-corrected chi connectivity index (χ1v) is 20.9. The van der Waals surface area contributed by atoms with Gasteiger partial charge >= 0.3 is 5.97 Å². The van der Waals surface area contributed by atoms with Gasteiger partial charge in [0.15, 0.2) is 12.1 Å². The molecule has 3 fully saturated rings. The van der Waals surface area contributed by atoms with Gasteiger partial charge in [0.2, 0.25) is 5.95 Å². The first-order valence-electron chi connectivity index (χ1n) is 20.1. The normalized spacial score (nSPS) is 38.7. The average molecular weight is 850 g/mol. The molecule has 0 radical (unpaired) electrons. The quantitative estimate of drug-likeness (QED) is 0.195. The van der Waals surface area contributed by atoms with Crippen LogP contribution in [-0.4, -0.2) is 135 Å². The number of aliphatic hydroxyl groups excluding tert-OH is 1. The second-order valence-corrected chi connectivity index (χ2v) is 17.8. The van der Waals surface area contributed by atoms with Crippen molar-refractivity contribution in [3.8, 4) is 10.6 Å². The number of aromatic nitrogens is 2. The zero-order chi connectivity index (χ0) is 43.6. The maximum absolute atomic E-state index is 16.8. The van der Waals surface area contributed by atoms with Crippen LogP contribution in [0.15, 0.2) is 29.4 Å². The highest BCUT2D eigenvalue weighted by Gasteiger charge is 2.57. The summed E-state index contributed by atoms with van der Waals surface area (Å²) in [5, 5.41) is 28.8. The van der Waals surface area contributed by atoms with E-state index in [0.29, 0.717) is 11.4 Å². The summed E-state index contributed by atoms with van der Waals surface area (Å²) in [6.07, 6.45) is -6.64. The number of aliphatic hydroxyl groups is 2. The number of carbonyl (C=O) groups excluding carboxylic acids is 3. The smallest absolute Gasteiger partial charge is 0.351 e. The van der Waals surface area contributed by atoms with Gasteiger partial charge in [0.05, 0.1) is 37.1 Å². The molecule has 59 heavy (non-hydrogen) atoms. The minimum atomic E-state index is -3.21. The van der Waals surface area contributed by atoms with Crippen molar-refractivity contribution in [1.82, 2.24) is 14.3 Å². The largest absolute Gasteiger partial charge is 0.457 e. The number of rotatable bonds is 8. The Morgan fingerprint density at radius 2 is 1.75 bits per heavy atom. The van der Waals surface area contributed by atoms with Gasteiger partial charge < -0.3 is 49.4 Å². The van der Waals surface area contributed by atoms with Gasteiger partial charge in [-0.05, 0) is 78.1 Å². The van der Waals surface area contributed by atoms with E-state index in [4.69, 9.17) is 34.3 Å². The van der Waals surface area contributed by atoms with E-state index in [1.165, 1.54) is 25.4 Å². The molecule has 18 heteroatoms. The predicted molar refractivity (Wildman–Crippen MR) is 216 cm³/mol. The summed E-state index contributed by atoms with van der Waals surface area (Å²) in [5.41, 5.74) is 0.606. The second kappa shape index (κ2) is 18.6. The molecule has 0 aliphatic carbocycles. The number of carbonyl (C=O) groups is 3. The van der Waals surface area contributed by atoms with E-state index in [2.05, 4.69) is 14.5 Å². The molecule has 2 aromatic rings. The molecule has 3 aliphatic heterocycles. The van der Waals surface area contributed by atoms with Crippen molar-refractivity contribution in [3.63, 3.8) is 0 Å². The molecule has 0 amide bonds. The number of cyclic esters (lactones) is 1. The minimum absolute atomic E-state index is 0.0147. The molecule has 4 heterocycles. The Bertz CT molecular complexity index is 1830. The number of hydrogen-bond acceptors (Lipinski definition) is 17. The first kappa shape index (κ1) is 46.6. The molecule has 1 aromatic carbocycles. The van der Waals surface area contributed by atoms with E-state index < -0.39 is 83.1 Å². The Labute approximate surface area is 349 Å². The van der Waals surface area contributed by atoms with Gasteiger partial charge in [0.1, 0.15) is 40.9 Å². The summed E-state index contributed by atoms with van der Waals surface area (Å²) in [4.78, 5) is 54.3. The zero-order valence-corrected chi connectivity index (χ0v) is 36.4. The summed E-state index contributed by atoms with van der Waals surface area (Å²) in [6, 6.07) is 6.98. The maximum Gasteiger partial charge on any atom is 0.351 e. The summed E-state index contributed by atoms with van der Waals surface area (Å²) >= 11 is 1.18. The van der Waals surface area contributed by atoms with Gasteiger partial charge in [-0.1, -0.05) is 57.1 Å². The van der Waals surface area contributed by atoms with Crippen LogP contribution in [0, 0.1) is 17.8 Å². The SMILES string of the molecule is CC[C@H]1OC(=O)[C@@](C)(F)C(=O)[C@H](C)[C@@H](O[C@@H]2O[C@H](C)C[C@H](N(C)C)[C@H]2O)[C@@]2(C)C[C@@H](C)C(=O)[C@H](C)[C@H](OC/C(=N\OCc3ccc(-c4nc(N)ns4)cc3)CO2)[C@]1(C)O. The van der Waals surface area contributed by atoms with E-state index in [0.717, 1.165) is 18.1 Å². The number of ketones is 2. The lowest BCUT2D eigenvalue weighted by atomic mass is 9.74. The fourth-order valence-electron chi connectivity index (χ4n) is 8.50. The summed E-state index contributed by atoms with van der Waals surface area (Å²) < 4.78 is 52.2. The molecule has 5 rings (SSSR count). The topological polar surface area (TPSA) is 214 Å². The van der Waals surface area contributed by atoms with E-state index >= 15 is 4.39 Å². The molecule has 2 bridgehead atoms. The van der Waals surface area contributed by atoms with Crippen LogP contribution in [0.2, 0.25) is 0 Å². The van der Waals surface area contributed by atoms with Crippen LogP contribution in [0.25, 0.3) is 10.6 Å². The molecule has 3 saturated heterocycles. The molecule has 0 unspecified atom stereocenters. The highest BCUT2D eigenvalue weighted by molar-refractivity contribution is 7.09. The maximum atomic E-state index is 16.8. The lowest BCUT2D eigenvalue weighted by Gasteiger charge is -2.47. The Balaban J connectivity index is 1.59. The molecule has 16 nitrogen and oxygen atoms in total. The van der Waals surface area contributed by atoms with Crippen LogP contribution >= 0.6 is 11.5 Å². The number of anilines is 1. The predicted octanol–water partition coefficient (Wildman–Crippen LogP) is 3.90. The number of halogens is 1. The van der Waals surface area contributed by atoms with Crippen molar-refractivity contribution in [2.45, 2.75) is 141 Å². The lowest BCUT2D eigenvalue weighted by molar-refractivity contribution is -0.296. The second-order valence-electron chi connectivity index (χ2n) is 17.0. The lowest BCUT2D eigenvalue weighted by Crippen LogP contribution is -2.61. The highest BCUT2D eigenvalue weighted by Crippen LogP contribution is 2.40. The summed E-state index contributed by atoms with van der Waals surface area (Å²) in [7, 11) is 3.62. The van der Waals surface area contributed by atoms with E-state index in [1.54, 1.807) is 27.7 Å². The Kier molecular flexibility index (Phi) is 14.7. The monoisotopic (exact) mass is 849 g/mol. The third-order valence-electron chi connectivity index (χ3n) is 11.9. The van der Waals surface area contributed by atoms with Crippen molar-refractivity contribution in [2.24, 2.45) is 22.9 Å². The molecule has 1 aromatic heterocycles. The summed E-state index contributed by atoms with van der Waals surface area (Å²) in [5.74, 6) is -6.07. The minimum Gasteiger partial charge on any atom is -0.457 e. The Morgan fingerprint density at radius 1 is 1.07 bits per heavy atom. The molecule has 13 atom stereocenters. The molecule has 4 N–H and O–H groups in total. The standard InChI is InChI=1S/C41H60FN5O11S/c1-11-29-41(8,52)34-23(4)30(48)21(2)17-39(6,54-20-27(19-53-34)45-55-18-25-12-14-26(15-13-25)35-44-38(43)46-59-35)33(24(5)32(50)40(7,42)37(51)57-29)58-36-31(49)28(47(9)10)16-22(3)56-36/h12-15,21-24,28-29,31,33-34,36,49,52H,11,16-20H2,1-10H3,(H2,43,46)/b45-27+/t21-,22-,23+,24+,28+,29-,31-,33-,34+,36+,39-,40+,41-/m1/s1. The van der Waals surface area contributed by atoms with Gasteiger partial charge in [-0.2, -0.15) is 9.36 Å². The van der Waals surface area contributed by atoms with Crippen molar-refractivity contribution in [1.29, 1.82) is 0 Å². The Hall–Kier alpha value is -3.49. The van der Waals surface area contributed by atoms with Crippen molar-refractivity contribution in [3.05, 3.63) is 29.8 Å². The average Bonchev–Trinajstić information content (AvgIpc) is 3.62. The zero-order valence-electron chi connectivity index (χ0n) is 35.5. The van der Waals surface area contributed by atoms with Gasteiger partial charge in [-0.15, -0.1) is 0 Å². The van der Waals surface area contributed by atoms with E-state index in [1.807, 2.05) is 50.2 Å². The third-order valence-corrected chi connectivity index (χ3v) is 12.7. The van der Waals surface area contributed by atoms with Crippen molar-refractivity contribution < 1.29 is 57.5 Å². The first-order chi connectivity index (χ1) is 27.6. The molecule has 328 valence electrons. The Morgan fingerprint density at radius 3 is 2.36 bits per heavy atom. The number of nitrogens with two attached hydrogens (primary N) is 1. The number of benzene rings is 1. The molecule has 0 spiro atoms. The number of ether oxygens (including phenoxy) is 5. The number of alkyl halides is 1. The number of esters is 1. The number of Topliss-reactive ketones (excluding diaryl/α,β-unsaturated/α-hetero) is 2. The van der Waals surface area contributed by atoms with Crippen LogP contribution in [0.1, 0.15) is 80.2 Å². The molecular weight excluding hydrogens is 790 g/mol. The van der Waals surface area contributed by atoms with E-state index in [-0.39, 0.29) is 56.2 Å². The number of likely N-dealkylation sites (N-methyl/N-ethyl adjacent to an activating group) is 1. The number of nitrogens with zero attached hydrogens (tertiary/aromatic N) is 4. The number of fused-ring (bicyclic) bond motifs is 5. The molecule has 3 aliphatic rings. The van der Waals surface area contributed by atoms with Crippen molar-refractivity contribution in [2.75, 3.05) is 33.0 Å². The summed E-state index contributed by atoms with van der Waals surface area (Å²) in [6.45, 7) is 11.4. The van der Waals surface area contributed by atoms with Crippen molar-refractivity contribution >= 4 is 40.7 Å². The van der Waals surface area contributed by atoms with Crippen LogP contribution in [-0.2, 0) is 49.5 Å². The third kappa shape index (κ3) is 10.2. The fraction of sp³-hybridized carbons (Fsp3) is 0.707. The van der Waals surface area contributed by atoms with Crippen LogP contribution in [0.3, 0.4) is 0 Å². The van der Waals surface area contributed by atoms with Gasteiger partial charge in [-0.25, -0.2) is 9.18 Å². The van der Waals surface area contributed by atoms with Gasteiger partial charge in [0, 0.05) is 29.4 Å². The fourth-order valence-corrected chi connectivity index (χ4v) is 9.10.